The van der Waals surface area contributed by atoms with Gasteiger partial charge in [-0.2, -0.15) is 0 Å². The summed E-state index contributed by atoms with van der Waals surface area (Å²) in [5, 5.41) is 0.357. The van der Waals surface area contributed by atoms with Crippen molar-refractivity contribution in [1.29, 1.82) is 0 Å². The largest absolute Gasteiger partial charge is 0.268 e. The van der Waals surface area contributed by atoms with Gasteiger partial charge >= 0.3 is 0 Å². The summed E-state index contributed by atoms with van der Waals surface area (Å²) in [6.45, 7) is 0. The zero-order chi connectivity index (χ0) is 15.6. The third-order valence-electron chi connectivity index (χ3n) is 2.36. The smallest absolute Gasteiger partial charge is 0.265 e. The number of carbonyl (C=O) groups excluding carboxylic acids is 1. The molecule has 2 aromatic rings. The fourth-order valence-electron chi connectivity index (χ4n) is 1.47. The van der Waals surface area contributed by atoms with E-state index in [0.29, 0.717) is 0 Å². The summed E-state index contributed by atoms with van der Waals surface area (Å²) in [6.07, 6.45) is 1.29. The molecule has 0 aliphatic rings. The Kier molecular flexibility index (Phi) is 4.73. The molecule has 1 aromatic carbocycles. The molecule has 0 aliphatic heterocycles. The average molecular weight is 366 g/mol. The molecule has 0 fully saturated rings. The van der Waals surface area contributed by atoms with E-state index >= 15 is 0 Å². The Balaban J connectivity index is 2.31. The standard InChI is InChI=1S/C12H7Cl3N2O3S/c13-8-4-9(14)6-10(5-8)21(19,20)17-12(18)7-1-2-16-11(15)3-7/h1-6H,(H,17,18). The number of nitrogens with zero attached hydrogens (tertiary/aromatic N) is 1. The van der Waals surface area contributed by atoms with Crippen LogP contribution in [0.15, 0.2) is 41.4 Å². The maximum Gasteiger partial charge on any atom is 0.265 e. The molecule has 0 radical (unpaired) electrons. The summed E-state index contributed by atoms with van der Waals surface area (Å²) >= 11 is 17.1. The number of sulfonamides is 1. The van der Waals surface area contributed by atoms with Gasteiger partial charge in [0.2, 0.25) is 0 Å². The van der Waals surface area contributed by atoms with Crippen molar-refractivity contribution in [2.45, 2.75) is 4.90 Å². The third kappa shape index (κ3) is 4.07. The summed E-state index contributed by atoms with van der Waals surface area (Å²) in [6, 6.07) is 6.33. The fraction of sp³-hybridized carbons (Fsp3) is 0. The molecular weight excluding hydrogens is 359 g/mol. The predicted molar refractivity (Wildman–Crippen MR) is 80.4 cm³/mol. The maximum atomic E-state index is 12.1. The molecule has 0 aliphatic carbocycles. The van der Waals surface area contributed by atoms with Crippen molar-refractivity contribution in [1.82, 2.24) is 9.71 Å². The van der Waals surface area contributed by atoms with Crippen LogP contribution in [0.5, 0.6) is 0 Å². The highest BCUT2D eigenvalue weighted by Crippen LogP contribution is 2.22. The Morgan fingerprint density at radius 1 is 1.05 bits per heavy atom. The van der Waals surface area contributed by atoms with Gasteiger partial charge in [0.1, 0.15) is 5.15 Å². The van der Waals surface area contributed by atoms with Crippen LogP contribution in [0.3, 0.4) is 0 Å². The van der Waals surface area contributed by atoms with Gasteiger partial charge < -0.3 is 0 Å². The number of halogens is 3. The Bertz CT molecular complexity index is 789. The molecule has 0 atom stereocenters. The maximum absolute atomic E-state index is 12.1. The van der Waals surface area contributed by atoms with Crippen LogP contribution in [0.1, 0.15) is 10.4 Å². The van der Waals surface area contributed by atoms with Gasteiger partial charge in [-0.25, -0.2) is 18.1 Å². The van der Waals surface area contributed by atoms with E-state index in [4.69, 9.17) is 34.8 Å². The van der Waals surface area contributed by atoms with Crippen molar-refractivity contribution in [3.05, 3.63) is 57.3 Å². The first kappa shape index (κ1) is 16.0. The van der Waals surface area contributed by atoms with Gasteiger partial charge in [-0.1, -0.05) is 34.8 Å². The van der Waals surface area contributed by atoms with Gasteiger partial charge in [0.25, 0.3) is 15.9 Å². The fourth-order valence-corrected chi connectivity index (χ4v) is 3.34. The first-order chi connectivity index (χ1) is 9.78. The minimum Gasteiger partial charge on any atom is -0.268 e. The van der Waals surface area contributed by atoms with Gasteiger partial charge in [-0.3, -0.25) is 4.79 Å². The third-order valence-corrected chi connectivity index (χ3v) is 4.32. The Morgan fingerprint density at radius 3 is 2.24 bits per heavy atom. The van der Waals surface area contributed by atoms with E-state index in [1.165, 1.54) is 36.5 Å². The van der Waals surface area contributed by atoms with Crippen molar-refractivity contribution >= 4 is 50.7 Å². The van der Waals surface area contributed by atoms with Crippen molar-refractivity contribution in [2.24, 2.45) is 0 Å². The van der Waals surface area contributed by atoms with E-state index in [1.54, 1.807) is 0 Å². The topological polar surface area (TPSA) is 76.1 Å². The van der Waals surface area contributed by atoms with Crippen molar-refractivity contribution in [3.63, 3.8) is 0 Å². The normalized spacial score (nSPS) is 11.2. The number of pyridine rings is 1. The van der Waals surface area contributed by atoms with Crippen LogP contribution >= 0.6 is 34.8 Å². The van der Waals surface area contributed by atoms with Crippen LogP contribution in [0.2, 0.25) is 15.2 Å². The first-order valence-electron chi connectivity index (χ1n) is 5.43. The van der Waals surface area contributed by atoms with Crippen LogP contribution in [-0.4, -0.2) is 19.3 Å². The molecule has 110 valence electrons. The predicted octanol–water partition coefficient (Wildman–Crippen LogP) is 3.16. The molecule has 21 heavy (non-hydrogen) atoms. The van der Waals surface area contributed by atoms with E-state index in [-0.39, 0.29) is 25.7 Å². The van der Waals surface area contributed by atoms with Crippen molar-refractivity contribution in [2.75, 3.05) is 0 Å². The van der Waals surface area contributed by atoms with Crippen molar-refractivity contribution in [3.8, 4) is 0 Å². The molecule has 9 heteroatoms. The zero-order valence-corrected chi connectivity index (χ0v) is 13.3. The highest BCUT2D eigenvalue weighted by Gasteiger charge is 2.20. The molecule has 0 unspecified atom stereocenters. The number of hydrogen-bond donors (Lipinski definition) is 1. The number of nitrogens with one attached hydrogen (secondary N) is 1. The second-order valence-electron chi connectivity index (χ2n) is 3.91. The second kappa shape index (κ2) is 6.19. The molecule has 0 bridgehead atoms. The van der Waals surface area contributed by atoms with E-state index < -0.39 is 15.9 Å². The molecule has 1 amide bonds. The Labute approximate surface area is 135 Å². The lowest BCUT2D eigenvalue weighted by Gasteiger charge is -2.08. The lowest BCUT2D eigenvalue weighted by atomic mass is 10.3. The van der Waals surface area contributed by atoms with Crippen LogP contribution in [0.4, 0.5) is 0 Å². The van der Waals surface area contributed by atoms with E-state index in [9.17, 15) is 13.2 Å². The van der Waals surface area contributed by atoms with Crippen LogP contribution in [0, 0.1) is 0 Å². The lowest BCUT2D eigenvalue weighted by molar-refractivity contribution is 0.0981. The minimum absolute atomic E-state index is 0.0618. The second-order valence-corrected chi connectivity index (χ2v) is 6.85. The molecule has 2 rings (SSSR count). The summed E-state index contributed by atoms with van der Waals surface area (Å²) in [5.74, 6) is -0.838. The van der Waals surface area contributed by atoms with Gasteiger partial charge in [-0.15, -0.1) is 0 Å². The SMILES string of the molecule is O=C(NS(=O)(=O)c1cc(Cl)cc(Cl)c1)c1ccnc(Cl)c1. The number of carbonyl (C=O) groups is 1. The zero-order valence-electron chi connectivity index (χ0n) is 10.2. The Hall–Kier alpha value is -1.34. The average Bonchev–Trinajstić information content (AvgIpc) is 2.37. The van der Waals surface area contributed by atoms with Crippen LogP contribution in [0.25, 0.3) is 0 Å². The molecule has 0 saturated carbocycles. The van der Waals surface area contributed by atoms with Gasteiger partial charge in [0.05, 0.1) is 4.90 Å². The minimum atomic E-state index is -4.10. The molecular formula is C12H7Cl3N2O3S. The van der Waals surface area contributed by atoms with Gasteiger partial charge in [0.15, 0.2) is 0 Å². The number of hydrogen-bond acceptors (Lipinski definition) is 4. The monoisotopic (exact) mass is 364 g/mol. The summed E-state index contributed by atoms with van der Waals surface area (Å²) < 4.78 is 26.1. The van der Waals surface area contributed by atoms with Crippen molar-refractivity contribution < 1.29 is 13.2 Å². The Morgan fingerprint density at radius 2 is 1.67 bits per heavy atom. The first-order valence-corrected chi connectivity index (χ1v) is 8.04. The highest BCUT2D eigenvalue weighted by molar-refractivity contribution is 7.90. The number of rotatable bonds is 3. The van der Waals surface area contributed by atoms with E-state index in [1.807, 2.05) is 4.72 Å². The molecule has 0 spiro atoms. The molecule has 0 saturated heterocycles. The van der Waals surface area contributed by atoms with Crippen LogP contribution in [-0.2, 0) is 10.0 Å². The van der Waals surface area contributed by atoms with E-state index in [0.717, 1.165) is 0 Å². The highest BCUT2D eigenvalue weighted by atomic mass is 35.5. The quantitative estimate of drug-likeness (QED) is 0.848. The lowest BCUT2D eigenvalue weighted by Crippen LogP contribution is -2.30. The summed E-state index contributed by atoms with van der Waals surface area (Å²) in [7, 11) is -4.10. The van der Waals surface area contributed by atoms with E-state index in [2.05, 4.69) is 4.98 Å². The van der Waals surface area contributed by atoms with Crippen LogP contribution < -0.4 is 4.72 Å². The van der Waals surface area contributed by atoms with Gasteiger partial charge in [-0.05, 0) is 30.3 Å². The summed E-state index contributed by atoms with van der Waals surface area (Å²) in [4.78, 5) is 15.4. The molecule has 1 heterocycles. The number of benzene rings is 1. The molecule has 5 nitrogen and oxygen atoms in total. The number of aromatic nitrogens is 1. The molecule has 1 N–H and O–H groups in total. The van der Waals surface area contributed by atoms with Gasteiger partial charge in [0, 0.05) is 21.8 Å². The summed E-state index contributed by atoms with van der Waals surface area (Å²) in [5.41, 5.74) is 0.0618. The molecule has 1 aromatic heterocycles. The number of amides is 1.